The van der Waals surface area contributed by atoms with Crippen molar-refractivity contribution in [2.45, 2.75) is 13.5 Å². The van der Waals surface area contributed by atoms with Gasteiger partial charge in [0, 0.05) is 37.0 Å². The van der Waals surface area contributed by atoms with Gasteiger partial charge in [-0.25, -0.2) is 4.39 Å². The van der Waals surface area contributed by atoms with Gasteiger partial charge in [-0.05, 0) is 30.2 Å². The van der Waals surface area contributed by atoms with Gasteiger partial charge in [-0.3, -0.25) is 9.79 Å². The lowest BCUT2D eigenvalue weighted by atomic mass is 10.1. The molecule has 4 heteroatoms. The molecule has 3 rings (SSSR count). The molecule has 1 aromatic heterocycles. The molecule has 0 aliphatic rings. The highest BCUT2D eigenvalue weighted by molar-refractivity contribution is 6.07. The number of fused-ring (bicyclic) bond motifs is 1. The Hall–Kier alpha value is -2.75. The van der Waals surface area contributed by atoms with Crippen molar-refractivity contribution in [2.24, 2.45) is 4.99 Å². The third-order valence-corrected chi connectivity index (χ3v) is 3.85. The van der Waals surface area contributed by atoms with Crippen molar-refractivity contribution in [1.82, 2.24) is 4.57 Å². The number of rotatable bonds is 4. The van der Waals surface area contributed by atoms with Crippen molar-refractivity contribution in [3.63, 3.8) is 0 Å². The zero-order valence-electron chi connectivity index (χ0n) is 13.1. The van der Waals surface area contributed by atoms with Crippen LogP contribution in [-0.2, 0) is 6.54 Å². The van der Waals surface area contributed by atoms with Crippen LogP contribution in [0.4, 0.5) is 4.39 Å². The summed E-state index contributed by atoms with van der Waals surface area (Å²) in [4.78, 5) is 15.8. The second-order valence-electron chi connectivity index (χ2n) is 5.49. The molecule has 0 spiro atoms. The number of aromatic nitrogens is 1. The number of hydrogen-bond donors (Lipinski definition) is 0. The minimum Gasteiger partial charge on any atom is -0.342 e. The van der Waals surface area contributed by atoms with Crippen LogP contribution in [0.25, 0.3) is 10.9 Å². The summed E-state index contributed by atoms with van der Waals surface area (Å²) >= 11 is 0. The van der Waals surface area contributed by atoms with Gasteiger partial charge in [0.2, 0.25) is 0 Å². The standard InChI is InChI=1S/C19H17FN2O/c1-13(23)16-12-22(18-5-3-4-17(20)19(16)18)11-15-8-6-14(7-9-15)10-21-2/h3-10,12H,11H2,1-2H3. The van der Waals surface area contributed by atoms with E-state index in [-0.39, 0.29) is 11.6 Å². The molecule has 0 aliphatic heterocycles. The number of Topliss-reactive ketones (excluding diaryl/α,β-unsaturated/α-hetero) is 1. The molecule has 0 atom stereocenters. The third-order valence-electron chi connectivity index (χ3n) is 3.85. The fraction of sp³-hybridized carbons (Fsp3) is 0.158. The molecule has 0 saturated carbocycles. The summed E-state index contributed by atoms with van der Waals surface area (Å²) in [5, 5.41) is 0.398. The first kappa shape index (κ1) is 15.2. The van der Waals surface area contributed by atoms with Crippen molar-refractivity contribution in [3.8, 4) is 0 Å². The molecular weight excluding hydrogens is 291 g/mol. The highest BCUT2D eigenvalue weighted by atomic mass is 19.1. The quantitative estimate of drug-likeness (QED) is 0.528. The van der Waals surface area contributed by atoms with Gasteiger partial charge in [0.05, 0.1) is 5.52 Å². The van der Waals surface area contributed by atoms with Crippen molar-refractivity contribution in [2.75, 3.05) is 7.05 Å². The Bertz CT molecular complexity index is 892. The van der Waals surface area contributed by atoms with E-state index >= 15 is 0 Å². The Labute approximate surface area is 134 Å². The Morgan fingerprint density at radius 3 is 2.61 bits per heavy atom. The van der Waals surface area contributed by atoms with E-state index in [1.165, 1.54) is 13.0 Å². The van der Waals surface area contributed by atoms with Crippen LogP contribution in [0.1, 0.15) is 28.4 Å². The van der Waals surface area contributed by atoms with Gasteiger partial charge in [-0.2, -0.15) is 0 Å². The van der Waals surface area contributed by atoms with E-state index in [1.54, 1.807) is 25.5 Å². The molecule has 23 heavy (non-hydrogen) atoms. The largest absolute Gasteiger partial charge is 0.342 e. The normalized spacial score (nSPS) is 11.4. The summed E-state index contributed by atoms with van der Waals surface area (Å²) in [6.07, 6.45) is 3.52. The molecular formula is C19H17FN2O. The van der Waals surface area contributed by atoms with Gasteiger partial charge in [-0.1, -0.05) is 30.3 Å². The van der Waals surface area contributed by atoms with E-state index in [9.17, 15) is 9.18 Å². The predicted octanol–water partition coefficient (Wildman–Crippen LogP) is 4.08. The Morgan fingerprint density at radius 1 is 1.22 bits per heavy atom. The zero-order chi connectivity index (χ0) is 16.4. The average Bonchev–Trinajstić information content (AvgIpc) is 2.90. The maximum atomic E-state index is 14.1. The molecule has 0 N–H and O–H groups in total. The fourth-order valence-corrected chi connectivity index (χ4v) is 2.76. The zero-order valence-corrected chi connectivity index (χ0v) is 13.1. The summed E-state index contributed by atoms with van der Waals surface area (Å²) in [5.74, 6) is -0.491. The van der Waals surface area contributed by atoms with Gasteiger partial charge >= 0.3 is 0 Å². The van der Waals surface area contributed by atoms with E-state index in [1.807, 2.05) is 34.9 Å². The number of carbonyl (C=O) groups is 1. The lowest BCUT2D eigenvalue weighted by Crippen LogP contribution is -1.98. The monoisotopic (exact) mass is 308 g/mol. The first-order valence-electron chi connectivity index (χ1n) is 7.39. The van der Waals surface area contributed by atoms with Gasteiger partial charge in [0.25, 0.3) is 0 Å². The summed E-state index contributed by atoms with van der Waals surface area (Å²) in [7, 11) is 1.73. The summed E-state index contributed by atoms with van der Waals surface area (Å²) < 4.78 is 16.0. The van der Waals surface area contributed by atoms with E-state index in [2.05, 4.69) is 4.99 Å². The van der Waals surface area contributed by atoms with Crippen LogP contribution in [0.3, 0.4) is 0 Å². The Balaban J connectivity index is 2.03. The molecule has 2 aromatic carbocycles. The number of aliphatic imine (C=N–C) groups is 1. The topological polar surface area (TPSA) is 34.4 Å². The number of carbonyl (C=O) groups excluding carboxylic acids is 1. The lowest BCUT2D eigenvalue weighted by molar-refractivity contribution is 0.101. The Kier molecular flexibility index (Phi) is 4.06. The van der Waals surface area contributed by atoms with Gasteiger partial charge < -0.3 is 4.57 Å². The van der Waals surface area contributed by atoms with Crippen LogP contribution in [-0.4, -0.2) is 23.6 Å². The van der Waals surface area contributed by atoms with Crippen molar-refractivity contribution in [3.05, 3.63) is 71.2 Å². The number of halogens is 1. The smallest absolute Gasteiger partial charge is 0.162 e. The van der Waals surface area contributed by atoms with E-state index in [0.29, 0.717) is 17.5 Å². The van der Waals surface area contributed by atoms with Crippen LogP contribution in [0.5, 0.6) is 0 Å². The molecule has 3 nitrogen and oxygen atoms in total. The molecule has 1 heterocycles. The van der Waals surface area contributed by atoms with Crippen LogP contribution in [0.2, 0.25) is 0 Å². The van der Waals surface area contributed by atoms with E-state index < -0.39 is 0 Å². The molecule has 0 radical (unpaired) electrons. The highest BCUT2D eigenvalue weighted by Gasteiger charge is 2.15. The molecule has 0 saturated heterocycles. The third kappa shape index (κ3) is 2.93. The molecule has 0 fully saturated rings. The van der Waals surface area contributed by atoms with Crippen LogP contribution in [0, 0.1) is 5.82 Å². The first-order chi connectivity index (χ1) is 11.1. The maximum absolute atomic E-state index is 14.1. The van der Waals surface area contributed by atoms with Gasteiger partial charge in [0.15, 0.2) is 5.78 Å². The van der Waals surface area contributed by atoms with Crippen molar-refractivity contribution >= 4 is 22.9 Å². The number of hydrogen-bond acceptors (Lipinski definition) is 2. The van der Waals surface area contributed by atoms with E-state index in [0.717, 1.165) is 16.6 Å². The van der Waals surface area contributed by atoms with Gasteiger partial charge in [-0.15, -0.1) is 0 Å². The minimum atomic E-state index is -0.360. The van der Waals surface area contributed by atoms with Crippen molar-refractivity contribution < 1.29 is 9.18 Å². The van der Waals surface area contributed by atoms with Crippen molar-refractivity contribution in [1.29, 1.82) is 0 Å². The molecule has 0 unspecified atom stereocenters. The fourth-order valence-electron chi connectivity index (χ4n) is 2.76. The SMILES string of the molecule is CN=Cc1ccc(Cn2cc(C(C)=O)c3c(F)cccc32)cc1. The predicted molar refractivity (Wildman–Crippen MR) is 91.0 cm³/mol. The maximum Gasteiger partial charge on any atom is 0.162 e. The summed E-state index contributed by atoms with van der Waals surface area (Å²) in [5.41, 5.74) is 3.26. The Morgan fingerprint density at radius 2 is 1.96 bits per heavy atom. The first-order valence-corrected chi connectivity index (χ1v) is 7.39. The van der Waals surface area contributed by atoms with Crippen LogP contribution in [0.15, 0.2) is 53.7 Å². The van der Waals surface area contributed by atoms with E-state index in [4.69, 9.17) is 0 Å². The van der Waals surface area contributed by atoms with Crippen LogP contribution < -0.4 is 0 Å². The summed E-state index contributed by atoms with van der Waals surface area (Å²) in [6, 6.07) is 12.9. The van der Waals surface area contributed by atoms with Crippen LogP contribution >= 0.6 is 0 Å². The molecule has 116 valence electrons. The number of nitrogens with zero attached hydrogens (tertiary/aromatic N) is 2. The minimum absolute atomic E-state index is 0.131. The second kappa shape index (κ2) is 6.16. The molecule has 0 aliphatic carbocycles. The molecule has 3 aromatic rings. The average molecular weight is 308 g/mol. The molecule has 0 bridgehead atoms. The number of benzene rings is 2. The second-order valence-corrected chi connectivity index (χ2v) is 5.49. The molecule has 0 amide bonds. The summed E-state index contributed by atoms with van der Waals surface area (Å²) in [6.45, 7) is 2.04. The lowest BCUT2D eigenvalue weighted by Gasteiger charge is -2.06. The highest BCUT2D eigenvalue weighted by Crippen LogP contribution is 2.25. The number of ketones is 1. The van der Waals surface area contributed by atoms with Gasteiger partial charge in [0.1, 0.15) is 5.82 Å².